The molecule has 1 aliphatic rings. The number of benzene rings is 1. The van der Waals surface area contributed by atoms with Crippen molar-refractivity contribution in [1.29, 1.82) is 0 Å². The number of carboxylic acid groups (broad SMARTS) is 1. The van der Waals surface area contributed by atoms with Crippen LogP contribution in [0.15, 0.2) is 18.2 Å². The Morgan fingerprint density at radius 3 is 2.50 bits per heavy atom. The second kappa shape index (κ2) is 3.87. The van der Waals surface area contributed by atoms with E-state index in [9.17, 15) is 14.3 Å². The third-order valence-electron chi connectivity index (χ3n) is 3.14. The molecule has 16 heavy (non-hydrogen) atoms. The van der Waals surface area contributed by atoms with Crippen molar-refractivity contribution in [1.82, 2.24) is 0 Å². The number of carboxylic acids is 1. The summed E-state index contributed by atoms with van der Waals surface area (Å²) in [5, 5.41) is 19.3. The highest BCUT2D eigenvalue weighted by Crippen LogP contribution is 2.41. The first-order valence-corrected chi connectivity index (χ1v) is 5.29. The molecule has 0 aromatic heterocycles. The van der Waals surface area contributed by atoms with Crippen molar-refractivity contribution in [2.45, 2.75) is 31.3 Å². The van der Waals surface area contributed by atoms with Crippen molar-refractivity contribution in [3.63, 3.8) is 0 Å². The Morgan fingerprint density at radius 1 is 1.31 bits per heavy atom. The number of halogens is 1. The van der Waals surface area contributed by atoms with Crippen LogP contribution in [0.1, 0.15) is 41.6 Å². The highest BCUT2D eigenvalue weighted by Gasteiger charge is 2.38. The largest absolute Gasteiger partial charge is 0.478 e. The first-order valence-electron chi connectivity index (χ1n) is 5.29. The van der Waals surface area contributed by atoms with Crippen LogP contribution in [0, 0.1) is 5.82 Å². The van der Waals surface area contributed by atoms with Crippen LogP contribution in [-0.2, 0) is 5.60 Å². The zero-order chi connectivity index (χ0) is 11.8. The first kappa shape index (κ1) is 11.1. The van der Waals surface area contributed by atoms with E-state index in [0.29, 0.717) is 12.8 Å². The van der Waals surface area contributed by atoms with Crippen molar-refractivity contribution < 1.29 is 19.4 Å². The van der Waals surface area contributed by atoms with E-state index in [-0.39, 0.29) is 11.1 Å². The number of hydrogen-bond acceptors (Lipinski definition) is 2. The topological polar surface area (TPSA) is 57.5 Å². The van der Waals surface area contributed by atoms with Crippen LogP contribution >= 0.6 is 0 Å². The van der Waals surface area contributed by atoms with Crippen LogP contribution in [0.5, 0.6) is 0 Å². The number of carbonyl (C=O) groups is 1. The van der Waals surface area contributed by atoms with Gasteiger partial charge in [0.05, 0.1) is 11.2 Å². The number of rotatable bonds is 2. The summed E-state index contributed by atoms with van der Waals surface area (Å²) in [6, 6.07) is 3.87. The molecule has 0 spiro atoms. The summed E-state index contributed by atoms with van der Waals surface area (Å²) in [6.45, 7) is 0. The minimum atomic E-state index is -1.31. The maximum Gasteiger partial charge on any atom is 0.336 e. The summed E-state index contributed by atoms with van der Waals surface area (Å²) in [5.74, 6) is -1.83. The zero-order valence-electron chi connectivity index (χ0n) is 8.74. The fourth-order valence-electron chi connectivity index (χ4n) is 2.39. The lowest BCUT2D eigenvalue weighted by Gasteiger charge is -2.24. The monoisotopic (exact) mass is 224 g/mol. The molecule has 1 aliphatic carbocycles. The molecule has 0 heterocycles. The van der Waals surface area contributed by atoms with Crippen molar-refractivity contribution >= 4 is 5.97 Å². The summed E-state index contributed by atoms with van der Waals surface area (Å²) in [6.07, 6.45) is 2.44. The third kappa shape index (κ3) is 1.69. The van der Waals surface area contributed by atoms with Gasteiger partial charge in [-0.25, -0.2) is 9.18 Å². The van der Waals surface area contributed by atoms with Gasteiger partial charge in [0.1, 0.15) is 5.82 Å². The van der Waals surface area contributed by atoms with Crippen LogP contribution in [0.25, 0.3) is 0 Å². The Morgan fingerprint density at radius 2 is 1.94 bits per heavy atom. The minimum Gasteiger partial charge on any atom is -0.478 e. The first-order chi connectivity index (χ1) is 7.54. The lowest BCUT2D eigenvalue weighted by atomic mass is 9.88. The number of aliphatic hydroxyl groups is 1. The molecule has 0 aliphatic heterocycles. The molecule has 2 rings (SSSR count). The summed E-state index contributed by atoms with van der Waals surface area (Å²) >= 11 is 0. The molecule has 3 nitrogen and oxygen atoms in total. The second-order valence-electron chi connectivity index (χ2n) is 4.21. The van der Waals surface area contributed by atoms with Crippen molar-refractivity contribution in [3.8, 4) is 0 Å². The summed E-state index contributed by atoms with van der Waals surface area (Å²) in [7, 11) is 0. The molecule has 4 heteroatoms. The molecular formula is C12H13FO3. The fourth-order valence-corrected chi connectivity index (χ4v) is 2.39. The van der Waals surface area contributed by atoms with Crippen LogP contribution in [0.2, 0.25) is 0 Å². The standard InChI is InChI=1S/C12H13FO3/c13-9-5-3-4-8(11(14)15)10(9)12(16)6-1-2-7-12/h3-5,16H,1-2,6-7H2,(H,14,15). The normalized spacial score (nSPS) is 18.6. The maximum atomic E-state index is 13.7. The van der Waals surface area contributed by atoms with Crippen LogP contribution in [0.3, 0.4) is 0 Å². The Balaban J connectivity index is 2.57. The van der Waals surface area contributed by atoms with E-state index in [4.69, 9.17) is 5.11 Å². The molecule has 1 aromatic rings. The van der Waals surface area contributed by atoms with Gasteiger partial charge >= 0.3 is 5.97 Å². The molecule has 1 aromatic carbocycles. The van der Waals surface area contributed by atoms with Gasteiger partial charge in [-0.2, -0.15) is 0 Å². The molecular weight excluding hydrogens is 211 g/mol. The van der Waals surface area contributed by atoms with E-state index in [1.165, 1.54) is 18.2 Å². The number of aromatic carboxylic acids is 1. The molecule has 0 bridgehead atoms. The van der Waals surface area contributed by atoms with Gasteiger partial charge in [-0.3, -0.25) is 0 Å². The Kier molecular flexibility index (Phi) is 2.68. The fraction of sp³-hybridized carbons (Fsp3) is 0.417. The molecule has 86 valence electrons. The Labute approximate surface area is 92.5 Å². The predicted octanol–water partition coefficient (Wildman–Crippen LogP) is 2.29. The molecule has 0 atom stereocenters. The lowest BCUT2D eigenvalue weighted by Crippen LogP contribution is -2.26. The van der Waals surface area contributed by atoms with E-state index in [1.807, 2.05) is 0 Å². The maximum absolute atomic E-state index is 13.7. The molecule has 0 amide bonds. The average molecular weight is 224 g/mol. The molecule has 0 radical (unpaired) electrons. The van der Waals surface area contributed by atoms with E-state index in [2.05, 4.69) is 0 Å². The SMILES string of the molecule is O=C(O)c1cccc(F)c1C1(O)CCCC1. The highest BCUT2D eigenvalue weighted by molar-refractivity contribution is 5.89. The van der Waals surface area contributed by atoms with Crippen LogP contribution in [0.4, 0.5) is 4.39 Å². The van der Waals surface area contributed by atoms with E-state index in [0.717, 1.165) is 12.8 Å². The zero-order valence-corrected chi connectivity index (χ0v) is 8.74. The summed E-state index contributed by atoms with van der Waals surface area (Å²) < 4.78 is 13.7. The van der Waals surface area contributed by atoms with Gasteiger partial charge in [-0.15, -0.1) is 0 Å². The van der Waals surface area contributed by atoms with E-state index >= 15 is 0 Å². The van der Waals surface area contributed by atoms with Crippen molar-refractivity contribution in [2.75, 3.05) is 0 Å². The highest BCUT2D eigenvalue weighted by atomic mass is 19.1. The lowest BCUT2D eigenvalue weighted by molar-refractivity contribution is 0.0373. The molecule has 0 saturated heterocycles. The van der Waals surface area contributed by atoms with Crippen molar-refractivity contribution in [3.05, 3.63) is 35.1 Å². The van der Waals surface area contributed by atoms with Gasteiger partial charge in [-0.1, -0.05) is 18.9 Å². The van der Waals surface area contributed by atoms with Crippen LogP contribution < -0.4 is 0 Å². The second-order valence-corrected chi connectivity index (χ2v) is 4.21. The van der Waals surface area contributed by atoms with Gasteiger partial charge in [0.25, 0.3) is 0 Å². The van der Waals surface area contributed by atoms with E-state index < -0.39 is 17.4 Å². The number of hydrogen-bond donors (Lipinski definition) is 2. The van der Waals surface area contributed by atoms with Gasteiger partial charge in [0, 0.05) is 5.56 Å². The molecule has 0 unspecified atom stereocenters. The molecule has 1 fully saturated rings. The third-order valence-corrected chi connectivity index (χ3v) is 3.14. The van der Waals surface area contributed by atoms with Gasteiger partial charge in [0.15, 0.2) is 0 Å². The molecule has 1 saturated carbocycles. The smallest absolute Gasteiger partial charge is 0.336 e. The quantitative estimate of drug-likeness (QED) is 0.810. The van der Waals surface area contributed by atoms with Gasteiger partial charge in [-0.05, 0) is 25.0 Å². The summed E-state index contributed by atoms with van der Waals surface area (Å²) in [4.78, 5) is 11.0. The van der Waals surface area contributed by atoms with Gasteiger partial charge < -0.3 is 10.2 Å². The molecule has 2 N–H and O–H groups in total. The predicted molar refractivity (Wildman–Crippen MR) is 55.7 cm³/mol. The minimum absolute atomic E-state index is 0.0556. The van der Waals surface area contributed by atoms with E-state index in [1.54, 1.807) is 0 Å². The van der Waals surface area contributed by atoms with Crippen LogP contribution in [-0.4, -0.2) is 16.2 Å². The van der Waals surface area contributed by atoms with Gasteiger partial charge in [0.2, 0.25) is 0 Å². The van der Waals surface area contributed by atoms with Crippen molar-refractivity contribution in [2.24, 2.45) is 0 Å². The Hall–Kier alpha value is -1.42. The Bertz CT molecular complexity index is 422. The average Bonchev–Trinajstić information content (AvgIpc) is 2.65. The summed E-state index contributed by atoms with van der Waals surface area (Å²) in [5.41, 5.74) is -1.50.